The zero-order valence-corrected chi connectivity index (χ0v) is 12.6. The summed E-state index contributed by atoms with van der Waals surface area (Å²) in [6.45, 7) is 3.27. The number of nitrogens with zero attached hydrogens (tertiary/aromatic N) is 2. The molecule has 0 aliphatic carbocycles. The summed E-state index contributed by atoms with van der Waals surface area (Å²) in [4.78, 5) is 4.47. The molecule has 20 heavy (non-hydrogen) atoms. The fourth-order valence-electron chi connectivity index (χ4n) is 2.70. The fraction of sp³-hybridized carbons (Fsp3) is 0.500. The molecule has 1 aromatic carbocycles. The van der Waals surface area contributed by atoms with Crippen molar-refractivity contribution in [3.8, 4) is 0 Å². The lowest BCUT2D eigenvalue weighted by atomic mass is 10.1. The van der Waals surface area contributed by atoms with Crippen LogP contribution in [0.15, 0.2) is 12.1 Å². The van der Waals surface area contributed by atoms with E-state index in [9.17, 15) is 4.39 Å². The molecule has 1 saturated heterocycles. The molecule has 0 saturated carbocycles. The van der Waals surface area contributed by atoms with Crippen molar-refractivity contribution in [3.63, 3.8) is 0 Å². The van der Waals surface area contributed by atoms with Crippen LogP contribution in [0.5, 0.6) is 0 Å². The number of halogens is 3. The number of fused-ring (bicyclic) bond motifs is 1. The highest BCUT2D eigenvalue weighted by molar-refractivity contribution is 6.31. The van der Waals surface area contributed by atoms with Crippen LogP contribution in [0.1, 0.15) is 37.0 Å². The summed E-state index contributed by atoms with van der Waals surface area (Å²) in [6, 6.07) is 3.16. The molecule has 0 amide bonds. The number of hydrogen-bond donors (Lipinski definition) is 0. The van der Waals surface area contributed by atoms with Gasteiger partial charge in [0.1, 0.15) is 11.6 Å². The van der Waals surface area contributed by atoms with Gasteiger partial charge >= 0.3 is 0 Å². The number of benzene rings is 1. The minimum atomic E-state index is -0.461. The highest BCUT2D eigenvalue weighted by atomic mass is 35.5. The van der Waals surface area contributed by atoms with Crippen LogP contribution in [-0.4, -0.2) is 22.8 Å². The Balaban J connectivity index is 2.20. The lowest BCUT2D eigenvalue weighted by Crippen LogP contribution is -2.23. The molecule has 1 fully saturated rings. The summed E-state index contributed by atoms with van der Waals surface area (Å²) in [5.74, 6) is 0.274. The second-order valence-corrected chi connectivity index (χ2v) is 6.14. The zero-order valence-electron chi connectivity index (χ0n) is 11.1. The van der Waals surface area contributed by atoms with Crippen LogP contribution in [-0.2, 0) is 4.74 Å². The molecule has 0 radical (unpaired) electrons. The molecule has 0 spiro atoms. The molecule has 3 rings (SSSR count). The van der Waals surface area contributed by atoms with Gasteiger partial charge in [-0.2, -0.15) is 0 Å². The highest BCUT2D eigenvalue weighted by Crippen LogP contribution is 2.33. The Morgan fingerprint density at radius 3 is 2.95 bits per heavy atom. The predicted octanol–water partition coefficient (Wildman–Crippen LogP) is 4.48. The van der Waals surface area contributed by atoms with Gasteiger partial charge in [-0.1, -0.05) is 11.6 Å². The van der Waals surface area contributed by atoms with Crippen LogP contribution in [0, 0.1) is 5.82 Å². The smallest absolute Gasteiger partial charge is 0.144 e. The largest absolute Gasteiger partial charge is 0.379 e. The molecule has 108 valence electrons. The van der Waals surface area contributed by atoms with Gasteiger partial charge in [-0.05, 0) is 25.8 Å². The Labute approximate surface area is 126 Å². The van der Waals surface area contributed by atoms with Gasteiger partial charge < -0.3 is 9.30 Å². The van der Waals surface area contributed by atoms with E-state index in [2.05, 4.69) is 9.55 Å². The maximum absolute atomic E-state index is 13.6. The van der Waals surface area contributed by atoms with Crippen molar-refractivity contribution in [2.24, 2.45) is 0 Å². The van der Waals surface area contributed by atoms with Crippen molar-refractivity contribution in [2.75, 3.05) is 13.2 Å². The van der Waals surface area contributed by atoms with E-state index in [1.165, 1.54) is 6.07 Å². The Kier molecular flexibility index (Phi) is 3.89. The van der Waals surface area contributed by atoms with Gasteiger partial charge in [0.05, 0.1) is 34.1 Å². The topological polar surface area (TPSA) is 27.1 Å². The third kappa shape index (κ3) is 2.41. The number of rotatable bonds is 2. The van der Waals surface area contributed by atoms with Crippen molar-refractivity contribution >= 4 is 34.2 Å². The van der Waals surface area contributed by atoms with Crippen molar-refractivity contribution in [2.45, 2.75) is 31.2 Å². The van der Waals surface area contributed by atoms with Crippen LogP contribution in [0.25, 0.3) is 11.0 Å². The second-order valence-electron chi connectivity index (χ2n) is 5.08. The maximum Gasteiger partial charge on any atom is 0.144 e. The average Bonchev–Trinajstić information content (AvgIpc) is 2.79. The molecule has 2 heterocycles. The lowest BCUT2D eigenvalue weighted by Gasteiger charge is -2.26. The first kappa shape index (κ1) is 14.1. The van der Waals surface area contributed by atoms with E-state index in [1.54, 1.807) is 6.07 Å². The monoisotopic (exact) mass is 316 g/mol. The van der Waals surface area contributed by atoms with E-state index in [4.69, 9.17) is 27.9 Å². The van der Waals surface area contributed by atoms with Gasteiger partial charge in [-0.15, -0.1) is 11.6 Å². The van der Waals surface area contributed by atoms with Crippen LogP contribution in [0.2, 0.25) is 5.02 Å². The van der Waals surface area contributed by atoms with Crippen molar-refractivity contribution in [3.05, 3.63) is 28.8 Å². The number of aromatic nitrogens is 2. The summed E-state index contributed by atoms with van der Waals surface area (Å²) in [5, 5.41) is -0.157. The first-order chi connectivity index (χ1) is 9.58. The van der Waals surface area contributed by atoms with E-state index < -0.39 is 5.82 Å². The van der Waals surface area contributed by atoms with Crippen LogP contribution in [0.4, 0.5) is 4.39 Å². The Hall–Kier alpha value is -0.840. The van der Waals surface area contributed by atoms with E-state index in [0.717, 1.165) is 30.8 Å². The van der Waals surface area contributed by atoms with Crippen molar-refractivity contribution in [1.82, 2.24) is 9.55 Å². The summed E-state index contributed by atoms with van der Waals surface area (Å²) in [6.07, 6.45) is 1.99. The molecule has 3 nitrogen and oxygen atoms in total. The summed E-state index contributed by atoms with van der Waals surface area (Å²) >= 11 is 12.1. The normalized spacial score (nSPS) is 21.3. The molecular weight excluding hydrogens is 302 g/mol. The van der Waals surface area contributed by atoms with Gasteiger partial charge in [0.2, 0.25) is 0 Å². The highest BCUT2D eigenvalue weighted by Gasteiger charge is 2.24. The van der Waals surface area contributed by atoms with Gasteiger partial charge in [-0.3, -0.25) is 0 Å². The Morgan fingerprint density at radius 2 is 2.30 bits per heavy atom. The summed E-state index contributed by atoms with van der Waals surface area (Å²) in [7, 11) is 0. The molecule has 0 bridgehead atoms. The molecule has 0 N–H and O–H groups in total. The van der Waals surface area contributed by atoms with Crippen LogP contribution >= 0.6 is 23.2 Å². The molecule has 2 atom stereocenters. The van der Waals surface area contributed by atoms with Gasteiger partial charge in [0, 0.05) is 12.7 Å². The minimum absolute atomic E-state index is 0.101. The maximum atomic E-state index is 13.6. The van der Waals surface area contributed by atoms with E-state index in [0.29, 0.717) is 12.1 Å². The first-order valence-corrected chi connectivity index (χ1v) is 7.48. The summed E-state index contributed by atoms with van der Waals surface area (Å²) < 4.78 is 21.2. The van der Waals surface area contributed by atoms with Crippen molar-refractivity contribution in [1.29, 1.82) is 0 Å². The van der Waals surface area contributed by atoms with Gasteiger partial charge in [-0.25, -0.2) is 9.37 Å². The average molecular weight is 317 g/mol. The molecule has 1 aliphatic heterocycles. The quantitative estimate of drug-likeness (QED) is 0.764. The number of imidazole rings is 1. The minimum Gasteiger partial charge on any atom is -0.379 e. The number of ether oxygens (including phenoxy) is 1. The number of hydrogen-bond acceptors (Lipinski definition) is 2. The molecule has 2 aromatic rings. The third-order valence-corrected chi connectivity index (χ3v) is 4.10. The fourth-order valence-corrected chi connectivity index (χ4v) is 3.01. The third-order valence-electron chi connectivity index (χ3n) is 3.62. The van der Waals surface area contributed by atoms with E-state index >= 15 is 0 Å². The predicted molar refractivity (Wildman–Crippen MR) is 78.1 cm³/mol. The number of alkyl halides is 1. The standard InChI is InChI=1S/C14H15Cl2FN2O/c1-8(15)14-18-12-6-11(17)10(16)5-13(12)19(14)9-3-2-4-20-7-9/h5-6,8-9H,2-4,7H2,1H3. The Bertz CT molecular complexity index is 636. The first-order valence-electron chi connectivity index (χ1n) is 6.66. The van der Waals surface area contributed by atoms with Crippen LogP contribution in [0.3, 0.4) is 0 Å². The lowest BCUT2D eigenvalue weighted by molar-refractivity contribution is 0.0595. The second kappa shape index (κ2) is 5.51. The molecule has 1 aliphatic rings. The molecule has 1 aromatic heterocycles. The molecular formula is C14H15Cl2FN2O. The van der Waals surface area contributed by atoms with Crippen LogP contribution < -0.4 is 0 Å². The molecule has 2 unspecified atom stereocenters. The van der Waals surface area contributed by atoms with Crippen molar-refractivity contribution < 1.29 is 9.13 Å². The van der Waals surface area contributed by atoms with E-state index in [1.807, 2.05) is 6.92 Å². The zero-order chi connectivity index (χ0) is 14.3. The van der Waals surface area contributed by atoms with Gasteiger partial charge in [0.25, 0.3) is 0 Å². The Morgan fingerprint density at radius 1 is 1.50 bits per heavy atom. The SMILES string of the molecule is CC(Cl)c1nc2cc(F)c(Cl)cc2n1C1CCCOC1. The van der Waals surface area contributed by atoms with E-state index in [-0.39, 0.29) is 16.4 Å². The summed E-state index contributed by atoms with van der Waals surface area (Å²) in [5.41, 5.74) is 1.40. The molecule has 6 heteroatoms. The van der Waals surface area contributed by atoms with Gasteiger partial charge in [0.15, 0.2) is 0 Å².